The smallest absolute Gasteiger partial charge is 0.200 e. The Kier molecular flexibility index (Phi) is 6.90. The summed E-state index contributed by atoms with van der Waals surface area (Å²) >= 11 is 0. The zero-order chi connectivity index (χ0) is 28.6. The second kappa shape index (κ2) is 10.3. The molecule has 0 aliphatic carbocycles. The lowest BCUT2D eigenvalue weighted by Gasteiger charge is -2.20. The maximum absolute atomic E-state index is 14.2. The molecule has 3 aromatic carbocycles. The van der Waals surface area contributed by atoms with E-state index in [1.54, 1.807) is 37.3 Å². The van der Waals surface area contributed by atoms with Gasteiger partial charge in [0.1, 0.15) is 35.1 Å². The summed E-state index contributed by atoms with van der Waals surface area (Å²) in [6.07, 6.45) is 2.33. The number of sulfone groups is 1. The van der Waals surface area contributed by atoms with E-state index in [0.717, 1.165) is 6.26 Å². The Labute approximate surface area is 229 Å². The predicted octanol–water partition coefficient (Wildman–Crippen LogP) is 4.96. The number of nitrogens with zero attached hydrogens (tertiary/aromatic N) is 2. The molecule has 0 bridgehead atoms. The number of halogens is 1. The molecule has 0 saturated carbocycles. The van der Waals surface area contributed by atoms with Crippen LogP contribution in [0.1, 0.15) is 29.9 Å². The van der Waals surface area contributed by atoms with Crippen molar-refractivity contribution >= 4 is 38.2 Å². The molecule has 0 aliphatic rings. The van der Waals surface area contributed by atoms with Crippen molar-refractivity contribution in [1.82, 2.24) is 9.97 Å². The van der Waals surface area contributed by atoms with E-state index >= 15 is 0 Å². The molecule has 0 amide bonds. The summed E-state index contributed by atoms with van der Waals surface area (Å²) in [6.45, 7) is 1.74. The minimum atomic E-state index is -3.41. The molecule has 9 nitrogen and oxygen atoms in total. The second-order valence-electron chi connectivity index (χ2n) is 9.20. The van der Waals surface area contributed by atoms with Gasteiger partial charge in [0.05, 0.1) is 33.2 Å². The van der Waals surface area contributed by atoms with Gasteiger partial charge in [-0.2, -0.15) is 0 Å². The van der Waals surface area contributed by atoms with Gasteiger partial charge in [0.15, 0.2) is 9.84 Å². The van der Waals surface area contributed by atoms with Crippen molar-refractivity contribution in [2.45, 2.75) is 17.9 Å². The van der Waals surface area contributed by atoms with Gasteiger partial charge in [-0.1, -0.05) is 36.4 Å². The average Bonchev–Trinajstić information content (AvgIpc) is 2.92. The second-order valence-corrected chi connectivity index (χ2v) is 11.2. The van der Waals surface area contributed by atoms with Crippen molar-refractivity contribution in [2.75, 3.05) is 17.3 Å². The van der Waals surface area contributed by atoms with Crippen LogP contribution < -0.4 is 16.5 Å². The first-order valence-electron chi connectivity index (χ1n) is 12.1. The van der Waals surface area contributed by atoms with Crippen molar-refractivity contribution < 1.29 is 17.2 Å². The summed E-state index contributed by atoms with van der Waals surface area (Å²) in [7, 11) is -3.41. The SMILES string of the molecule is CC(Nc1ncnc(N)c1C(=N)c1ccc(S(C)(=O)=O)cc1)c1oc2ccccc2c(=O)c1-c1cccc(F)c1. The lowest BCUT2D eigenvalue weighted by Crippen LogP contribution is -2.18. The van der Waals surface area contributed by atoms with E-state index in [9.17, 15) is 17.6 Å². The molecule has 5 rings (SSSR count). The first-order chi connectivity index (χ1) is 19.0. The molecule has 40 heavy (non-hydrogen) atoms. The number of anilines is 2. The number of hydrogen-bond acceptors (Lipinski definition) is 9. The molecular weight excluding hydrogens is 533 g/mol. The number of hydrogen-bond donors (Lipinski definition) is 3. The molecule has 0 aliphatic heterocycles. The van der Waals surface area contributed by atoms with E-state index in [2.05, 4.69) is 15.3 Å². The molecule has 0 spiro atoms. The summed E-state index contributed by atoms with van der Waals surface area (Å²) < 4.78 is 44.1. The number of fused-ring (bicyclic) bond motifs is 1. The Bertz CT molecular complexity index is 1940. The quantitative estimate of drug-likeness (QED) is 0.237. The Hall–Kier alpha value is -4.90. The van der Waals surface area contributed by atoms with E-state index in [-0.39, 0.29) is 44.6 Å². The Morgan fingerprint density at radius 1 is 1.05 bits per heavy atom. The summed E-state index contributed by atoms with van der Waals surface area (Å²) in [5, 5.41) is 12.3. The highest BCUT2D eigenvalue weighted by Crippen LogP contribution is 2.32. The van der Waals surface area contributed by atoms with Crippen LogP contribution in [0.3, 0.4) is 0 Å². The molecule has 1 atom stereocenters. The fourth-order valence-corrected chi connectivity index (χ4v) is 5.05. The van der Waals surface area contributed by atoms with Gasteiger partial charge in [-0.05, 0) is 48.9 Å². The highest BCUT2D eigenvalue weighted by atomic mass is 32.2. The third-order valence-corrected chi connectivity index (χ3v) is 7.51. The molecule has 2 aromatic heterocycles. The molecule has 1 unspecified atom stereocenters. The maximum Gasteiger partial charge on any atom is 0.200 e. The van der Waals surface area contributed by atoms with Gasteiger partial charge >= 0.3 is 0 Å². The molecule has 0 fully saturated rings. The Morgan fingerprint density at radius 3 is 2.48 bits per heavy atom. The van der Waals surface area contributed by atoms with E-state index in [4.69, 9.17) is 15.6 Å². The molecule has 5 aromatic rings. The highest BCUT2D eigenvalue weighted by molar-refractivity contribution is 7.90. The monoisotopic (exact) mass is 557 g/mol. The van der Waals surface area contributed by atoms with Crippen molar-refractivity contribution in [2.24, 2.45) is 0 Å². The summed E-state index contributed by atoms with van der Waals surface area (Å²) in [5.74, 6) is -0.0512. The molecule has 0 radical (unpaired) electrons. The molecule has 202 valence electrons. The third-order valence-electron chi connectivity index (χ3n) is 6.38. The van der Waals surface area contributed by atoms with Crippen LogP contribution in [-0.4, -0.2) is 30.4 Å². The fourth-order valence-electron chi connectivity index (χ4n) is 4.42. The summed E-state index contributed by atoms with van der Waals surface area (Å²) in [5.41, 5.74) is 7.27. The van der Waals surface area contributed by atoms with Crippen molar-refractivity contribution in [3.63, 3.8) is 0 Å². The zero-order valence-corrected chi connectivity index (χ0v) is 22.3. The molecule has 2 heterocycles. The molecule has 0 saturated heterocycles. The normalized spacial score (nSPS) is 12.3. The van der Waals surface area contributed by atoms with Gasteiger partial charge in [-0.15, -0.1) is 0 Å². The average molecular weight is 558 g/mol. The van der Waals surface area contributed by atoms with Crippen molar-refractivity contribution in [3.05, 3.63) is 112 Å². The van der Waals surface area contributed by atoms with E-state index in [1.165, 1.54) is 48.8 Å². The number of nitrogens with two attached hydrogens (primary N) is 1. The lowest BCUT2D eigenvalue weighted by atomic mass is 9.98. The van der Waals surface area contributed by atoms with Crippen LogP contribution in [0.25, 0.3) is 22.1 Å². The van der Waals surface area contributed by atoms with E-state index in [0.29, 0.717) is 22.1 Å². The van der Waals surface area contributed by atoms with Crippen LogP contribution in [-0.2, 0) is 9.84 Å². The Balaban J connectivity index is 1.59. The van der Waals surface area contributed by atoms with Crippen LogP contribution in [0, 0.1) is 11.2 Å². The maximum atomic E-state index is 14.2. The largest absolute Gasteiger partial charge is 0.458 e. The van der Waals surface area contributed by atoms with Crippen molar-refractivity contribution in [1.29, 1.82) is 5.41 Å². The number of rotatable bonds is 7. The van der Waals surface area contributed by atoms with E-state index < -0.39 is 21.7 Å². The fraction of sp³-hybridized carbons (Fsp3) is 0.103. The lowest BCUT2D eigenvalue weighted by molar-refractivity contribution is 0.515. The number of nitrogens with one attached hydrogen (secondary N) is 2. The van der Waals surface area contributed by atoms with Gasteiger partial charge in [0.2, 0.25) is 5.43 Å². The van der Waals surface area contributed by atoms with Gasteiger partial charge in [-0.25, -0.2) is 22.8 Å². The minimum Gasteiger partial charge on any atom is -0.458 e. The van der Waals surface area contributed by atoms with Crippen LogP contribution in [0.15, 0.2) is 93.2 Å². The topological polar surface area (TPSA) is 152 Å². The first kappa shape index (κ1) is 26.7. The Morgan fingerprint density at radius 2 is 1.77 bits per heavy atom. The van der Waals surface area contributed by atoms with Crippen LogP contribution in [0.2, 0.25) is 0 Å². The highest BCUT2D eigenvalue weighted by Gasteiger charge is 2.24. The van der Waals surface area contributed by atoms with E-state index in [1.807, 2.05) is 0 Å². The molecular formula is C29H24FN5O4S. The molecule has 4 N–H and O–H groups in total. The number of para-hydroxylation sites is 1. The standard InChI is InChI=1S/C29H24FN5O4S/c1-16(27-23(18-6-5-7-19(30)14-18)26(36)21-8-3-4-9-22(21)39-27)35-29-24(28(32)33-15-34-29)25(31)17-10-12-20(13-11-17)40(2,37)38/h3-16,31H,1-2H3,(H3,32,33,34,35). The van der Waals surface area contributed by atoms with Gasteiger partial charge < -0.3 is 15.5 Å². The van der Waals surface area contributed by atoms with Gasteiger partial charge in [-0.3, -0.25) is 10.2 Å². The summed E-state index contributed by atoms with van der Waals surface area (Å²) in [6, 6.07) is 17.6. The zero-order valence-electron chi connectivity index (χ0n) is 21.5. The summed E-state index contributed by atoms with van der Waals surface area (Å²) in [4.78, 5) is 22.0. The number of aromatic nitrogens is 2. The first-order valence-corrected chi connectivity index (χ1v) is 14.0. The molecule has 11 heteroatoms. The number of nitrogen functional groups attached to an aromatic ring is 1. The minimum absolute atomic E-state index is 0.0206. The van der Waals surface area contributed by atoms with Crippen LogP contribution >= 0.6 is 0 Å². The number of benzene rings is 3. The van der Waals surface area contributed by atoms with Crippen LogP contribution in [0.5, 0.6) is 0 Å². The van der Waals surface area contributed by atoms with Gasteiger partial charge in [0, 0.05) is 11.8 Å². The van der Waals surface area contributed by atoms with Crippen molar-refractivity contribution in [3.8, 4) is 11.1 Å². The van der Waals surface area contributed by atoms with Gasteiger partial charge in [0.25, 0.3) is 0 Å². The predicted molar refractivity (Wildman–Crippen MR) is 152 cm³/mol. The van der Waals surface area contributed by atoms with Crippen LogP contribution in [0.4, 0.5) is 16.0 Å². The third kappa shape index (κ3) is 5.06.